The third-order valence-corrected chi connectivity index (χ3v) is 7.84. The lowest BCUT2D eigenvalue weighted by Crippen LogP contribution is -2.34. The number of piperidine rings is 1. The number of aromatic hydroxyl groups is 1. The van der Waals surface area contributed by atoms with E-state index in [0.717, 1.165) is 54.1 Å². The molecule has 36 heavy (non-hydrogen) atoms. The van der Waals surface area contributed by atoms with Crippen LogP contribution in [0.4, 0.5) is 17.3 Å². The molecule has 0 bridgehead atoms. The fourth-order valence-corrected chi connectivity index (χ4v) is 5.77. The molecule has 2 fully saturated rings. The van der Waals surface area contributed by atoms with Gasteiger partial charge in [0.1, 0.15) is 5.75 Å². The molecule has 1 unspecified atom stereocenters. The number of phenols is 1. The lowest BCUT2D eigenvalue weighted by Gasteiger charge is -2.34. The Balaban J connectivity index is 1.14. The van der Waals surface area contributed by atoms with Gasteiger partial charge in [-0.25, -0.2) is 9.97 Å². The number of anilines is 3. The highest BCUT2D eigenvalue weighted by molar-refractivity contribution is 5.85. The molecule has 0 spiro atoms. The number of hydrogen-bond acceptors (Lipinski definition) is 7. The first kappa shape index (κ1) is 24.8. The highest BCUT2D eigenvalue weighted by atomic mass is 16.3. The van der Waals surface area contributed by atoms with Gasteiger partial charge < -0.3 is 26.0 Å². The Bertz CT molecular complexity index is 1160. The second-order valence-corrected chi connectivity index (χ2v) is 10.9. The molecule has 0 aliphatic carbocycles. The molecule has 0 saturated carbocycles. The number of aromatic nitrogens is 2. The first-order chi connectivity index (χ1) is 17.5. The van der Waals surface area contributed by atoms with Gasteiger partial charge >= 0.3 is 0 Å². The van der Waals surface area contributed by atoms with Crippen molar-refractivity contribution >= 4 is 28.2 Å². The fraction of sp³-hybridized carbons (Fsp3) is 0.517. The summed E-state index contributed by atoms with van der Waals surface area (Å²) >= 11 is 0. The monoisotopic (exact) mass is 488 g/mol. The Labute approximate surface area is 214 Å². The standard InChI is InChI=1S/C29H40N6O/c1-20(2)27-26(36)10-5-22-18-31-29(33-28(22)27)32-24-6-8-25(9-7-24)35-16-11-21(12-17-35)4-3-14-34-15-13-23(30)19-34/h5-10,18,20-21,23,36H,3-4,11-17,19,30H2,1-2H3,(H,31,32,33). The molecule has 0 amide bonds. The van der Waals surface area contributed by atoms with Gasteiger partial charge in [0.05, 0.1) is 5.52 Å². The number of likely N-dealkylation sites (tertiary alicyclic amines) is 1. The maximum Gasteiger partial charge on any atom is 0.227 e. The van der Waals surface area contributed by atoms with E-state index in [1.165, 1.54) is 44.5 Å². The van der Waals surface area contributed by atoms with Gasteiger partial charge in [0.2, 0.25) is 5.95 Å². The van der Waals surface area contributed by atoms with E-state index in [0.29, 0.717) is 12.0 Å². The van der Waals surface area contributed by atoms with Crippen LogP contribution in [0, 0.1) is 5.92 Å². The molecule has 3 heterocycles. The van der Waals surface area contributed by atoms with Crippen molar-refractivity contribution in [2.75, 3.05) is 42.9 Å². The van der Waals surface area contributed by atoms with E-state index < -0.39 is 0 Å². The van der Waals surface area contributed by atoms with E-state index in [-0.39, 0.29) is 11.7 Å². The van der Waals surface area contributed by atoms with Crippen LogP contribution in [0.5, 0.6) is 5.75 Å². The Morgan fingerprint density at radius 2 is 1.83 bits per heavy atom. The topological polar surface area (TPSA) is 90.5 Å². The smallest absolute Gasteiger partial charge is 0.227 e. The van der Waals surface area contributed by atoms with Crippen molar-refractivity contribution in [1.82, 2.24) is 14.9 Å². The summed E-state index contributed by atoms with van der Waals surface area (Å²) in [6.07, 6.45) is 8.16. The Kier molecular flexibility index (Phi) is 7.58. The Morgan fingerprint density at radius 1 is 1.06 bits per heavy atom. The van der Waals surface area contributed by atoms with Crippen molar-refractivity contribution in [2.45, 2.75) is 57.9 Å². The average molecular weight is 489 g/mol. The summed E-state index contributed by atoms with van der Waals surface area (Å²) in [7, 11) is 0. The molecule has 7 heteroatoms. The average Bonchev–Trinajstić information content (AvgIpc) is 3.29. The van der Waals surface area contributed by atoms with Crippen LogP contribution in [0.25, 0.3) is 10.9 Å². The quantitative estimate of drug-likeness (QED) is 0.400. The lowest BCUT2D eigenvalue weighted by molar-refractivity contribution is 0.297. The van der Waals surface area contributed by atoms with Crippen molar-refractivity contribution in [3.63, 3.8) is 0 Å². The molecule has 192 valence electrons. The number of nitrogens with one attached hydrogen (secondary N) is 1. The molecule has 2 aliphatic heterocycles. The number of hydrogen-bond donors (Lipinski definition) is 3. The molecule has 1 aromatic heterocycles. The second kappa shape index (κ2) is 11.0. The zero-order valence-electron chi connectivity index (χ0n) is 21.7. The molecule has 5 rings (SSSR count). The highest BCUT2D eigenvalue weighted by Crippen LogP contribution is 2.33. The van der Waals surface area contributed by atoms with E-state index in [2.05, 4.69) is 58.2 Å². The van der Waals surface area contributed by atoms with Gasteiger partial charge in [0.25, 0.3) is 0 Å². The number of phenolic OH excluding ortho intramolecular Hbond substituents is 1. The third-order valence-electron chi connectivity index (χ3n) is 7.84. The van der Waals surface area contributed by atoms with E-state index in [1.807, 2.05) is 12.3 Å². The predicted molar refractivity (Wildman–Crippen MR) is 148 cm³/mol. The van der Waals surface area contributed by atoms with Crippen LogP contribution in [0.1, 0.15) is 57.4 Å². The number of benzene rings is 2. The summed E-state index contributed by atoms with van der Waals surface area (Å²) in [6, 6.07) is 12.5. The molecule has 2 aliphatic rings. The molecule has 4 N–H and O–H groups in total. The highest BCUT2D eigenvalue weighted by Gasteiger charge is 2.22. The molecule has 0 radical (unpaired) electrons. The van der Waals surface area contributed by atoms with Gasteiger partial charge in [-0.05, 0) is 93.4 Å². The van der Waals surface area contributed by atoms with Crippen molar-refractivity contribution in [1.29, 1.82) is 0 Å². The summed E-state index contributed by atoms with van der Waals surface area (Å²) < 4.78 is 0. The number of nitrogens with two attached hydrogens (primary N) is 1. The molecule has 2 saturated heterocycles. The molecule has 2 aromatic carbocycles. The zero-order chi connectivity index (χ0) is 25.1. The second-order valence-electron chi connectivity index (χ2n) is 10.9. The van der Waals surface area contributed by atoms with Crippen LogP contribution in [-0.2, 0) is 0 Å². The van der Waals surface area contributed by atoms with Gasteiger partial charge in [-0.3, -0.25) is 0 Å². The van der Waals surface area contributed by atoms with E-state index in [4.69, 9.17) is 10.7 Å². The van der Waals surface area contributed by atoms with Crippen LogP contribution in [0.3, 0.4) is 0 Å². The molecular weight excluding hydrogens is 448 g/mol. The maximum absolute atomic E-state index is 10.3. The van der Waals surface area contributed by atoms with Crippen LogP contribution in [0.2, 0.25) is 0 Å². The van der Waals surface area contributed by atoms with E-state index in [9.17, 15) is 5.11 Å². The van der Waals surface area contributed by atoms with Gasteiger partial charge in [-0.15, -0.1) is 0 Å². The Morgan fingerprint density at radius 3 is 2.53 bits per heavy atom. The van der Waals surface area contributed by atoms with E-state index >= 15 is 0 Å². The summed E-state index contributed by atoms with van der Waals surface area (Å²) in [4.78, 5) is 14.2. The van der Waals surface area contributed by atoms with Gasteiger partial charge in [0.15, 0.2) is 0 Å². The molecule has 7 nitrogen and oxygen atoms in total. The summed E-state index contributed by atoms with van der Waals surface area (Å²) in [5.41, 5.74) is 9.92. The van der Waals surface area contributed by atoms with Gasteiger partial charge in [-0.1, -0.05) is 13.8 Å². The summed E-state index contributed by atoms with van der Waals surface area (Å²) in [5.74, 6) is 1.84. The number of rotatable bonds is 8. The first-order valence-corrected chi connectivity index (χ1v) is 13.5. The van der Waals surface area contributed by atoms with Crippen molar-refractivity contribution in [3.05, 3.63) is 48.2 Å². The molecule has 3 aromatic rings. The van der Waals surface area contributed by atoms with E-state index in [1.54, 1.807) is 6.07 Å². The van der Waals surface area contributed by atoms with Gasteiger partial charge in [-0.2, -0.15) is 0 Å². The Hall–Kier alpha value is -2.90. The van der Waals surface area contributed by atoms with Gasteiger partial charge in [0, 0.05) is 54.2 Å². The van der Waals surface area contributed by atoms with Crippen LogP contribution < -0.4 is 16.0 Å². The number of fused-ring (bicyclic) bond motifs is 1. The fourth-order valence-electron chi connectivity index (χ4n) is 5.77. The van der Waals surface area contributed by atoms with Crippen LogP contribution in [0.15, 0.2) is 42.6 Å². The minimum absolute atomic E-state index is 0.170. The molecule has 1 atom stereocenters. The maximum atomic E-state index is 10.3. The molecular formula is C29H40N6O. The SMILES string of the molecule is CC(C)c1c(O)ccc2cnc(Nc3ccc(N4CCC(CCCN5CCC(N)C5)CC4)cc3)nc12. The third kappa shape index (κ3) is 5.73. The number of nitrogens with zero attached hydrogens (tertiary/aromatic N) is 4. The van der Waals surface area contributed by atoms with Crippen molar-refractivity contribution in [2.24, 2.45) is 11.7 Å². The predicted octanol–water partition coefficient (Wildman–Crippen LogP) is 5.23. The first-order valence-electron chi connectivity index (χ1n) is 13.5. The normalized spacial score (nSPS) is 19.4. The minimum atomic E-state index is 0.170. The minimum Gasteiger partial charge on any atom is -0.508 e. The van der Waals surface area contributed by atoms with Crippen molar-refractivity contribution < 1.29 is 5.11 Å². The van der Waals surface area contributed by atoms with Crippen molar-refractivity contribution in [3.8, 4) is 5.75 Å². The summed E-state index contributed by atoms with van der Waals surface area (Å²) in [6.45, 7) is 9.86. The van der Waals surface area contributed by atoms with Crippen LogP contribution >= 0.6 is 0 Å². The lowest BCUT2D eigenvalue weighted by atomic mass is 9.92. The summed E-state index contributed by atoms with van der Waals surface area (Å²) in [5, 5.41) is 14.6. The van der Waals surface area contributed by atoms with Crippen LogP contribution in [-0.4, -0.2) is 58.7 Å². The largest absolute Gasteiger partial charge is 0.508 e. The zero-order valence-corrected chi connectivity index (χ0v) is 21.7.